The van der Waals surface area contributed by atoms with Crippen molar-refractivity contribution in [3.8, 4) is 17.6 Å². The first-order valence-corrected chi connectivity index (χ1v) is 5.12. The van der Waals surface area contributed by atoms with Gasteiger partial charge < -0.3 is 20.1 Å². The van der Waals surface area contributed by atoms with Crippen LogP contribution in [-0.2, 0) is 0 Å². The van der Waals surface area contributed by atoms with Crippen molar-refractivity contribution in [2.75, 3.05) is 7.11 Å². The lowest BCUT2D eigenvalue weighted by atomic mass is 10.0. The number of methoxy groups -OCH3 is 1. The minimum atomic E-state index is -1.55. The third kappa shape index (κ3) is 2.44. The lowest BCUT2D eigenvalue weighted by Gasteiger charge is -2.15. The van der Waals surface area contributed by atoms with E-state index in [1.54, 1.807) is 0 Å². The molecule has 2 atom stereocenters. The van der Waals surface area contributed by atoms with Crippen LogP contribution >= 0.6 is 15.9 Å². The summed E-state index contributed by atoms with van der Waals surface area (Å²) < 4.78 is 5.29. The molecule has 0 spiro atoms. The molecule has 86 valence electrons. The van der Waals surface area contributed by atoms with E-state index in [9.17, 15) is 15.3 Å². The molecular weight excluding hydrogens is 278 g/mol. The number of phenolic OH excluding ortho intramolecular Hbond substituents is 1. The highest BCUT2D eigenvalue weighted by atomic mass is 79.9. The zero-order valence-electron chi connectivity index (χ0n) is 8.38. The van der Waals surface area contributed by atoms with Crippen molar-refractivity contribution < 1.29 is 20.1 Å². The Morgan fingerprint density at radius 2 is 2.06 bits per heavy atom. The Hall–Kier alpha value is -1.29. The lowest BCUT2D eigenvalue weighted by molar-refractivity contribution is 0.0521. The summed E-state index contributed by atoms with van der Waals surface area (Å²) in [6, 6.07) is 4.18. The molecule has 1 aromatic rings. The van der Waals surface area contributed by atoms with Gasteiger partial charge in [0.25, 0.3) is 0 Å². The molecule has 3 N–H and O–H groups in total. The zero-order chi connectivity index (χ0) is 12.3. The average molecular weight is 288 g/mol. The molecule has 6 heteroatoms. The van der Waals surface area contributed by atoms with Crippen LogP contribution in [0.4, 0.5) is 0 Å². The standard InChI is InChI=1S/C10H10BrNO4/c1-16-9-3-6(11)5(2-7(9)13)10(15)8(14)4-12/h2-3,8,10,13-15H,1H3. The fraction of sp³-hybridized carbons (Fsp3) is 0.300. The first-order chi connectivity index (χ1) is 7.51. The van der Waals surface area contributed by atoms with Gasteiger partial charge in [-0.2, -0.15) is 5.26 Å². The van der Waals surface area contributed by atoms with Crippen LogP contribution in [0.3, 0.4) is 0 Å². The summed E-state index contributed by atoms with van der Waals surface area (Å²) in [5, 5.41) is 36.7. The van der Waals surface area contributed by atoms with Gasteiger partial charge in [-0.05, 0) is 12.1 Å². The summed E-state index contributed by atoms with van der Waals surface area (Å²) >= 11 is 3.15. The first-order valence-electron chi connectivity index (χ1n) is 4.33. The maximum absolute atomic E-state index is 9.60. The fourth-order valence-corrected chi connectivity index (χ4v) is 1.75. The number of aliphatic hydroxyl groups is 2. The highest BCUT2D eigenvalue weighted by Crippen LogP contribution is 2.36. The normalized spacial score (nSPS) is 13.9. The van der Waals surface area contributed by atoms with Gasteiger partial charge in [0, 0.05) is 10.0 Å². The largest absolute Gasteiger partial charge is 0.504 e. The fourth-order valence-electron chi connectivity index (χ4n) is 1.19. The molecule has 0 aliphatic heterocycles. The van der Waals surface area contributed by atoms with Crippen molar-refractivity contribution in [3.05, 3.63) is 22.2 Å². The summed E-state index contributed by atoms with van der Waals surface area (Å²) in [6.07, 6.45) is -2.94. The van der Waals surface area contributed by atoms with Gasteiger partial charge in [-0.3, -0.25) is 0 Å². The van der Waals surface area contributed by atoms with Gasteiger partial charge in [0.05, 0.1) is 13.2 Å². The van der Waals surface area contributed by atoms with Gasteiger partial charge in [-0.1, -0.05) is 15.9 Å². The number of phenols is 1. The predicted molar refractivity (Wildman–Crippen MR) is 58.9 cm³/mol. The molecule has 16 heavy (non-hydrogen) atoms. The molecule has 5 nitrogen and oxygen atoms in total. The molecule has 0 radical (unpaired) electrons. The maximum atomic E-state index is 9.60. The number of hydrogen-bond donors (Lipinski definition) is 3. The molecule has 0 heterocycles. The quantitative estimate of drug-likeness (QED) is 0.724. The zero-order valence-corrected chi connectivity index (χ0v) is 9.97. The van der Waals surface area contributed by atoms with Crippen LogP contribution in [0, 0.1) is 11.3 Å². The van der Waals surface area contributed by atoms with E-state index in [1.165, 1.54) is 25.3 Å². The Labute approximate surface area is 101 Å². The number of aromatic hydroxyl groups is 1. The smallest absolute Gasteiger partial charge is 0.170 e. The molecule has 1 aromatic carbocycles. The van der Waals surface area contributed by atoms with Crippen LogP contribution in [-0.4, -0.2) is 28.5 Å². The van der Waals surface area contributed by atoms with Crippen LogP contribution in [0.1, 0.15) is 11.7 Å². The van der Waals surface area contributed by atoms with Crippen molar-refractivity contribution in [1.29, 1.82) is 5.26 Å². The van der Waals surface area contributed by atoms with E-state index in [0.717, 1.165) is 0 Å². The highest BCUT2D eigenvalue weighted by molar-refractivity contribution is 9.10. The summed E-state index contributed by atoms with van der Waals surface area (Å²) in [6.45, 7) is 0. The molecule has 0 aliphatic carbocycles. The summed E-state index contributed by atoms with van der Waals surface area (Å²) in [5.74, 6) is 0.0548. The van der Waals surface area contributed by atoms with E-state index >= 15 is 0 Å². The van der Waals surface area contributed by atoms with E-state index in [1.807, 2.05) is 0 Å². The maximum Gasteiger partial charge on any atom is 0.170 e. The lowest BCUT2D eigenvalue weighted by Crippen LogP contribution is -2.16. The molecule has 0 amide bonds. The topological polar surface area (TPSA) is 93.7 Å². The third-order valence-corrected chi connectivity index (χ3v) is 2.73. The van der Waals surface area contributed by atoms with E-state index < -0.39 is 12.2 Å². The highest BCUT2D eigenvalue weighted by Gasteiger charge is 2.22. The second-order valence-electron chi connectivity index (χ2n) is 3.06. The Balaban J connectivity index is 3.16. The van der Waals surface area contributed by atoms with Crippen LogP contribution < -0.4 is 4.74 Å². The molecule has 0 bridgehead atoms. The molecule has 2 unspecified atom stereocenters. The van der Waals surface area contributed by atoms with Crippen molar-refractivity contribution in [2.24, 2.45) is 0 Å². The van der Waals surface area contributed by atoms with Crippen molar-refractivity contribution in [2.45, 2.75) is 12.2 Å². The van der Waals surface area contributed by atoms with Gasteiger partial charge in [0.1, 0.15) is 6.10 Å². The van der Waals surface area contributed by atoms with Crippen LogP contribution in [0.5, 0.6) is 11.5 Å². The second-order valence-corrected chi connectivity index (χ2v) is 3.92. The number of ether oxygens (including phenoxy) is 1. The van der Waals surface area contributed by atoms with Crippen molar-refractivity contribution in [3.63, 3.8) is 0 Å². The van der Waals surface area contributed by atoms with Gasteiger partial charge in [-0.25, -0.2) is 0 Å². The van der Waals surface area contributed by atoms with Crippen LogP contribution in [0.15, 0.2) is 16.6 Å². The summed E-state index contributed by atoms with van der Waals surface area (Å²) in [4.78, 5) is 0. The van der Waals surface area contributed by atoms with E-state index in [-0.39, 0.29) is 17.1 Å². The Kier molecular flexibility index (Phi) is 4.12. The SMILES string of the molecule is COc1cc(Br)c(C(O)C(O)C#N)cc1O. The van der Waals surface area contributed by atoms with E-state index in [0.29, 0.717) is 4.47 Å². The van der Waals surface area contributed by atoms with Gasteiger partial charge in [0.15, 0.2) is 17.6 Å². The number of aliphatic hydroxyl groups excluding tert-OH is 2. The molecule has 1 rings (SSSR count). The number of benzene rings is 1. The van der Waals surface area contributed by atoms with Crippen molar-refractivity contribution >= 4 is 15.9 Å². The van der Waals surface area contributed by atoms with Gasteiger partial charge in [-0.15, -0.1) is 0 Å². The van der Waals surface area contributed by atoms with E-state index in [2.05, 4.69) is 15.9 Å². The first kappa shape index (κ1) is 12.8. The number of halogens is 1. The van der Waals surface area contributed by atoms with E-state index in [4.69, 9.17) is 10.00 Å². The van der Waals surface area contributed by atoms with Crippen molar-refractivity contribution in [1.82, 2.24) is 0 Å². The summed E-state index contributed by atoms with van der Waals surface area (Å²) in [5.41, 5.74) is 0.215. The monoisotopic (exact) mass is 287 g/mol. The van der Waals surface area contributed by atoms with Gasteiger partial charge in [0.2, 0.25) is 0 Å². The molecule has 0 fully saturated rings. The minimum absolute atomic E-state index is 0.176. The number of nitrogens with zero attached hydrogens (tertiary/aromatic N) is 1. The van der Waals surface area contributed by atoms with Gasteiger partial charge >= 0.3 is 0 Å². The Morgan fingerprint density at radius 1 is 1.44 bits per heavy atom. The number of hydrogen-bond acceptors (Lipinski definition) is 5. The number of rotatable bonds is 3. The minimum Gasteiger partial charge on any atom is -0.504 e. The van der Waals surface area contributed by atoms with Crippen LogP contribution in [0.2, 0.25) is 0 Å². The third-order valence-electron chi connectivity index (χ3n) is 2.05. The summed E-state index contributed by atoms with van der Waals surface area (Å²) in [7, 11) is 1.39. The Bertz CT molecular complexity index is 430. The van der Waals surface area contributed by atoms with Crippen LogP contribution in [0.25, 0.3) is 0 Å². The number of nitriles is 1. The molecule has 0 aromatic heterocycles. The molecule has 0 saturated carbocycles. The predicted octanol–water partition coefficient (Wildman–Crippen LogP) is 1.08. The Morgan fingerprint density at radius 3 is 2.56 bits per heavy atom. The average Bonchev–Trinajstić information content (AvgIpc) is 2.29. The molecule has 0 saturated heterocycles. The second kappa shape index (κ2) is 5.16. The molecule has 0 aliphatic rings. The molecular formula is C10H10BrNO4.